The summed E-state index contributed by atoms with van der Waals surface area (Å²) < 4.78 is 12.0. The molecular weight excluding hydrogens is 220 g/mol. The minimum absolute atomic E-state index is 0.195. The van der Waals surface area contributed by atoms with Crippen molar-refractivity contribution < 1.29 is 9.32 Å². The van der Waals surface area contributed by atoms with Crippen molar-refractivity contribution in [1.29, 1.82) is 0 Å². The van der Waals surface area contributed by atoms with Gasteiger partial charge in [-0.15, -0.1) is 0 Å². The lowest BCUT2D eigenvalue weighted by Gasteiger charge is -2.02. The number of phenolic OH excluding ortho intramolecular Hbond substituents is 1. The highest BCUT2D eigenvalue weighted by Gasteiger charge is 2.04. The first-order valence-corrected chi connectivity index (χ1v) is 6.29. The fraction of sp³-hybridized carbons (Fsp3) is 0.0769. The molecule has 0 aliphatic carbocycles. The second-order valence-corrected chi connectivity index (χ2v) is 4.92. The Morgan fingerprint density at radius 1 is 0.938 bits per heavy atom. The Bertz CT molecular complexity index is 477. The molecule has 0 fully saturated rings. The van der Waals surface area contributed by atoms with Crippen LogP contribution in [0.1, 0.15) is 5.56 Å². The van der Waals surface area contributed by atoms with Crippen LogP contribution in [-0.2, 0) is 16.6 Å². The SMILES string of the molecule is O=S(Cc1ccccc1)c1ccc(O)cc1. The average Bonchev–Trinajstić information content (AvgIpc) is 2.31. The molecule has 0 bridgehead atoms. The van der Waals surface area contributed by atoms with Crippen LogP contribution in [-0.4, -0.2) is 9.32 Å². The molecule has 1 unspecified atom stereocenters. The van der Waals surface area contributed by atoms with Crippen molar-refractivity contribution in [2.75, 3.05) is 0 Å². The van der Waals surface area contributed by atoms with Gasteiger partial charge in [0.15, 0.2) is 0 Å². The van der Waals surface area contributed by atoms with E-state index in [0.29, 0.717) is 5.75 Å². The second-order valence-electron chi connectivity index (χ2n) is 3.47. The minimum atomic E-state index is -1.05. The maximum absolute atomic E-state index is 12.0. The number of phenols is 1. The highest BCUT2D eigenvalue weighted by atomic mass is 32.2. The molecule has 0 aromatic heterocycles. The molecule has 2 aromatic rings. The Hall–Kier alpha value is -1.61. The van der Waals surface area contributed by atoms with Gasteiger partial charge in [0.1, 0.15) is 5.75 Å². The lowest BCUT2D eigenvalue weighted by molar-refractivity contribution is 0.475. The Morgan fingerprint density at radius 2 is 1.56 bits per heavy atom. The predicted octanol–water partition coefficient (Wildman–Crippen LogP) is 2.70. The Kier molecular flexibility index (Phi) is 3.37. The van der Waals surface area contributed by atoms with Crippen LogP contribution >= 0.6 is 0 Å². The number of hydrogen-bond donors (Lipinski definition) is 1. The van der Waals surface area contributed by atoms with Gasteiger partial charge >= 0.3 is 0 Å². The fourth-order valence-electron chi connectivity index (χ4n) is 1.41. The molecule has 0 spiro atoms. The van der Waals surface area contributed by atoms with Gasteiger partial charge in [0.05, 0.1) is 16.6 Å². The first-order valence-electron chi connectivity index (χ1n) is 4.97. The highest BCUT2D eigenvalue weighted by Crippen LogP contribution is 2.15. The third-order valence-electron chi connectivity index (χ3n) is 2.24. The summed E-state index contributed by atoms with van der Waals surface area (Å²) in [6, 6.07) is 16.2. The third kappa shape index (κ3) is 2.70. The van der Waals surface area contributed by atoms with E-state index in [1.54, 1.807) is 24.3 Å². The highest BCUT2D eigenvalue weighted by molar-refractivity contribution is 7.84. The largest absolute Gasteiger partial charge is 0.508 e. The van der Waals surface area contributed by atoms with E-state index in [1.165, 1.54) is 0 Å². The van der Waals surface area contributed by atoms with Crippen LogP contribution in [0, 0.1) is 0 Å². The van der Waals surface area contributed by atoms with E-state index in [1.807, 2.05) is 30.3 Å². The van der Waals surface area contributed by atoms with Crippen LogP contribution in [0.25, 0.3) is 0 Å². The molecule has 0 saturated carbocycles. The zero-order chi connectivity index (χ0) is 11.4. The van der Waals surface area contributed by atoms with E-state index < -0.39 is 10.8 Å². The molecule has 0 saturated heterocycles. The van der Waals surface area contributed by atoms with Gasteiger partial charge in [0.2, 0.25) is 0 Å². The second kappa shape index (κ2) is 4.94. The van der Waals surface area contributed by atoms with Crippen molar-refractivity contribution in [3.63, 3.8) is 0 Å². The topological polar surface area (TPSA) is 37.3 Å². The molecule has 2 nitrogen and oxygen atoms in total. The normalized spacial score (nSPS) is 12.2. The lowest BCUT2D eigenvalue weighted by Crippen LogP contribution is -1.95. The summed E-state index contributed by atoms with van der Waals surface area (Å²) in [6.45, 7) is 0. The van der Waals surface area contributed by atoms with Crippen LogP contribution in [0.3, 0.4) is 0 Å². The van der Waals surface area contributed by atoms with E-state index in [-0.39, 0.29) is 5.75 Å². The van der Waals surface area contributed by atoms with Gasteiger partial charge in [0.25, 0.3) is 0 Å². The van der Waals surface area contributed by atoms with Gasteiger partial charge in [-0.3, -0.25) is 4.21 Å². The zero-order valence-electron chi connectivity index (χ0n) is 8.67. The van der Waals surface area contributed by atoms with Crippen molar-refractivity contribution >= 4 is 10.8 Å². The molecule has 82 valence electrons. The van der Waals surface area contributed by atoms with Crippen LogP contribution in [0.15, 0.2) is 59.5 Å². The Morgan fingerprint density at radius 3 is 2.19 bits per heavy atom. The van der Waals surface area contributed by atoms with Crippen LogP contribution in [0.5, 0.6) is 5.75 Å². The van der Waals surface area contributed by atoms with Gasteiger partial charge in [0, 0.05) is 4.90 Å². The van der Waals surface area contributed by atoms with Crippen LogP contribution in [0.4, 0.5) is 0 Å². The summed E-state index contributed by atoms with van der Waals surface area (Å²) in [5.74, 6) is 0.700. The van der Waals surface area contributed by atoms with E-state index in [9.17, 15) is 4.21 Å². The number of rotatable bonds is 3. The van der Waals surface area contributed by atoms with Crippen molar-refractivity contribution in [3.05, 3.63) is 60.2 Å². The number of aromatic hydroxyl groups is 1. The summed E-state index contributed by atoms with van der Waals surface area (Å²) in [4.78, 5) is 0.738. The van der Waals surface area contributed by atoms with E-state index in [0.717, 1.165) is 10.5 Å². The summed E-state index contributed by atoms with van der Waals surface area (Å²) in [6.07, 6.45) is 0. The summed E-state index contributed by atoms with van der Waals surface area (Å²) in [7, 11) is -1.05. The van der Waals surface area contributed by atoms with E-state index in [2.05, 4.69) is 0 Å². The maximum Gasteiger partial charge on any atom is 0.115 e. The first-order chi connectivity index (χ1) is 7.75. The van der Waals surface area contributed by atoms with Crippen molar-refractivity contribution in [1.82, 2.24) is 0 Å². The molecule has 0 aliphatic rings. The summed E-state index contributed by atoms with van der Waals surface area (Å²) in [5.41, 5.74) is 1.05. The maximum atomic E-state index is 12.0. The van der Waals surface area contributed by atoms with Gasteiger partial charge in [-0.25, -0.2) is 0 Å². The molecule has 16 heavy (non-hydrogen) atoms. The third-order valence-corrected chi connectivity index (χ3v) is 3.63. The molecule has 0 amide bonds. The van der Waals surface area contributed by atoms with Gasteiger partial charge < -0.3 is 5.11 Å². The van der Waals surface area contributed by atoms with Gasteiger partial charge in [-0.05, 0) is 29.8 Å². The molecule has 2 rings (SSSR count). The number of benzene rings is 2. The zero-order valence-corrected chi connectivity index (χ0v) is 9.48. The fourth-order valence-corrected chi connectivity index (χ4v) is 2.51. The van der Waals surface area contributed by atoms with Gasteiger partial charge in [-0.2, -0.15) is 0 Å². The summed E-state index contributed by atoms with van der Waals surface area (Å²) >= 11 is 0. The van der Waals surface area contributed by atoms with E-state index >= 15 is 0 Å². The lowest BCUT2D eigenvalue weighted by atomic mass is 10.2. The van der Waals surface area contributed by atoms with Crippen LogP contribution in [0.2, 0.25) is 0 Å². The van der Waals surface area contributed by atoms with Crippen molar-refractivity contribution in [2.45, 2.75) is 10.6 Å². The molecule has 0 radical (unpaired) electrons. The Labute approximate surface area is 97.0 Å². The molecule has 1 N–H and O–H groups in total. The van der Waals surface area contributed by atoms with E-state index in [4.69, 9.17) is 5.11 Å². The molecule has 1 atom stereocenters. The quantitative estimate of drug-likeness (QED) is 0.883. The van der Waals surface area contributed by atoms with Gasteiger partial charge in [-0.1, -0.05) is 30.3 Å². The van der Waals surface area contributed by atoms with Crippen molar-refractivity contribution in [2.24, 2.45) is 0 Å². The smallest absolute Gasteiger partial charge is 0.115 e. The van der Waals surface area contributed by atoms with Crippen molar-refractivity contribution in [3.8, 4) is 5.75 Å². The minimum Gasteiger partial charge on any atom is -0.508 e. The average molecular weight is 232 g/mol. The first kappa shape index (κ1) is 10.9. The predicted molar refractivity (Wildman–Crippen MR) is 64.7 cm³/mol. The Balaban J connectivity index is 2.12. The molecule has 0 aliphatic heterocycles. The summed E-state index contributed by atoms with van der Waals surface area (Å²) in [5, 5.41) is 9.13. The molecule has 2 aromatic carbocycles. The monoisotopic (exact) mass is 232 g/mol. The van der Waals surface area contributed by atoms with Crippen LogP contribution < -0.4 is 0 Å². The molecular formula is C13H12O2S. The molecule has 3 heteroatoms. The number of hydrogen-bond acceptors (Lipinski definition) is 2. The standard InChI is InChI=1S/C13H12O2S/c14-12-6-8-13(9-7-12)16(15)10-11-4-2-1-3-5-11/h1-9,14H,10H2. The molecule has 0 heterocycles.